The Labute approximate surface area is 160 Å². The maximum absolute atomic E-state index is 12.1. The van der Waals surface area contributed by atoms with Gasteiger partial charge in [0.1, 0.15) is 11.1 Å². The summed E-state index contributed by atoms with van der Waals surface area (Å²) in [5.74, 6) is 0.385. The number of fused-ring (bicyclic) bond motifs is 1. The molecule has 134 valence electrons. The molecule has 0 bridgehead atoms. The van der Waals surface area contributed by atoms with Crippen LogP contribution in [-0.4, -0.2) is 22.7 Å². The number of rotatable bonds is 7. The van der Waals surface area contributed by atoms with Crippen LogP contribution < -0.4 is 5.32 Å². The summed E-state index contributed by atoms with van der Waals surface area (Å²) < 4.78 is 0. The molecule has 1 aliphatic rings. The molecular weight excluding hydrogens is 368 g/mol. The van der Waals surface area contributed by atoms with Gasteiger partial charge in [-0.3, -0.25) is 4.79 Å². The number of carboxylic acids is 1. The Kier molecular flexibility index (Phi) is 5.96. The Morgan fingerprint density at radius 2 is 2.04 bits per heavy atom. The third kappa shape index (κ3) is 4.26. The van der Waals surface area contributed by atoms with Crippen molar-refractivity contribution in [3.05, 3.63) is 51.4 Å². The number of hydrogen-bond donors (Lipinski definition) is 2. The zero-order valence-corrected chi connectivity index (χ0v) is 15.7. The highest BCUT2D eigenvalue weighted by Crippen LogP contribution is 2.38. The number of carbonyl (C=O) groups excluding carboxylic acids is 1. The minimum atomic E-state index is -0.933. The van der Waals surface area contributed by atoms with Gasteiger partial charge >= 0.3 is 5.97 Å². The Balaban J connectivity index is 1.45. The maximum Gasteiger partial charge on any atom is 0.335 e. The van der Waals surface area contributed by atoms with Crippen LogP contribution in [-0.2, 0) is 23.4 Å². The number of aryl methyl sites for hydroxylation is 1. The van der Waals surface area contributed by atoms with E-state index in [0.29, 0.717) is 22.7 Å². The average molecular weight is 386 g/mol. The highest BCUT2D eigenvalue weighted by molar-refractivity contribution is 7.98. The van der Waals surface area contributed by atoms with Crippen LogP contribution in [0.2, 0.25) is 0 Å². The first-order valence-corrected chi connectivity index (χ1v) is 10.3. The second-order valence-electron chi connectivity index (χ2n) is 6.03. The van der Waals surface area contributed by atoms with Gasteiger partial charge in [-0.1, -0.05) is 12.1 Å². The predicted molar refractivity (Wildman–Crippen MR) is 104 cm³/mol. The molecule has 1 amide bonds. The lowest BCUT2D eigenvalue weighted by atomic mass is 10.1. The average Bonchev–Trinajstić information content (AvgIpc) is 3.19. The number of nitriles is 1. The van der Waals surface area contributed by atoms with Gasteiger partial charge in [0, 0.05) is 22.8 Å². The van der Waals surface area contributed by atoms with Crippen molar-refractivity contribution in [2.24, 2.45) is 0 Å². The summed E-state index contributed by atoms with van der Waals surface area (Å²) in [6, 6.07) is 9.00. The van der Waals surface area contributed by atoms with Crippen molar-refractivity contribution in [1.29, 1.82) is 5.26 Å². The lowest BCUT2D eigenvalue weighted by molar-refractivity contribution is -0.115. The summed E-state index contributed by atoms with van der Waals surface area (Å²) in [4.78, 5) is 24.2. The van der Waals surface area contributed by atoms with Crippen LogP contribution >= 0.6 is 23.1 Å². The summed E-state index contributed by atoms with van der Waals surface area (Å²) in [7, 11) is 0. The van der Waals surface area contributed by atoms with Crippen molar-refractivity contribution in [3.8, 4) is 6.07 Å². The summed E-state index contributed by atoms with van der Waals surface area (Å²) >= 11 is 3.16. The molecule has 1 aromatic carbocycles. The van der Waals surface area contributed by atoms with E-state index in [0.717, 1.165) is 36.1 Å². The lowest BCUT2D eigenvalue weighted by Crippen LogP contribution is -2.12. The van der Waals surface area contributed by atoms with Crippen molar-refractivity contribution < 1.29 is 14.7 Å². The topological polar surface area (TPSA) is 90.2 Å². The number of anilines is 1. The molecule has 0 saturated heterocycles. The van der Waals surface area contributed by atoms with E-state index in [2.05, 4.69) is 11.4 Å². The van der Waals surface area contributed by atoms with Gasteiger partial charge in [-0.2, -0.15) is 17.0 Å². The zero-order chi connectivity index (χ0) is 18.5. The summed E-state index contributed by atoms with van der Waals surface area (Å²) in [6.45, 7) is 0. The number of nitrogens with one attached hydrogen (secondary N) is 1. The molecule has 26 heavy (non-hydrogen) atoms. The van der Waals surface area contributed by atoms with Gasteiger partial charge in [-0.15, -0.1) is 11.3 Å². The van der Waals surface area contributed by atoms with E-state index in [9.17, 15) is 14.9 Å². The molecule has 0 fully saturated rings. The van der Waals surface area contributed by atoms with Gasteiger partial charge in [0.05, 0.1) is 11.1 Å². The van der Waals surface area contributed by atoms with Gasteiger partial charge in [0.25, 0.3) is 0 Å². The lowest BCUT2D eigenvalue weighted by Gasteiger charge is -2.05. The van der Waals surface area contributed by atoms with Crippen molar-refractivity contribution in [3.63, 3.8) is 0 Å². The highest BCUT2D eigenvalue weighted by atomic mass is 32.2. The number of thiophene rings is 1. The minimum absolute atomic E-state index is 0.0739. The zero-order valence-electron chi connectivity index (χ0n) is 14.1. The molecule has 0 atom stereocenters. The molecule has 1 aliphatic carbocycles. The number of benzene rings is 1. The first kappa shape index (κ1) is 18.5. The summed E-state index contributed by atoms with van der Waals surface area (Å²) in [6.07, 6.45) is 3.40. The minimum Gasteiger partial charge on any atom is -0.478 e. The Morgan fingerprint density at radius 1 is 1.27 bits per heavy atom. The summed E-state index contributed by atoms with van der Waals surface area (Å²) in [5, 5.41) is 21.8. The first-order valence-electron chi connectivity index (χ1n) is 8.33. The number of thioether (sulfide) groups is 1. The third-order valence-corrected chi connectivity index (χ3v) is 6.47. The molecule has 3 rings (SSSR count). The van der Waals surface area contributed by atoms with Crippen LogP contribution in [0.25, 0.3) is 0 Å². The standard InChI is InChI=1S/C19H18N2O3S2/c20-10-15-14-2-1-3-16(14)26-18(15)21-17(22)8-9-25-11-12-4-6-13(7-5-12)19(23)24/h4-7H,1-3,8-9,11H2,(H,21,22)(H,23,24). The molecule has 0 spiro atoms. The molecule has 2 aromatic rings. The van der Waals surface area contributed by atoms with Crippen LogP contribution in [0.4, 0.5) is 5.00 Å². The molecule has 7 heteroatoms. The number of hydrogen-bond acceptors (Lipinski definition) is 5. The number of carbonyl (C=O) groups is 2. The number of nitrogens with zero attached hydrogens (tertiary/aromatic N) is 1. The van der Waals surface area contributed by atoms with E-state index in [1.165, 1.54) is 16.2 Å². The van der Waals surface area contributed by atoms with E-state index >= 15 is 0 Å². The normalized spacial score (nSPS) is 12.4. The number of aromatic carboxylic acids is 1. The fraction of sp³-hybridized carbons (Fsp3) is 0.316. The van der Waals surface area contributed by atoms with Crippen LogP contribution in [0.5, 0.6) is 0 Å². The molecule has 0 saturated carbocycles. The summed E-state index contributed by atoms with van der Waals surface area (Å²) in [5.41, 5.74) is 3.06. The SMILES string of the molecule is N#Cc1c(NC(=O)CCSCc2ccc(C(=O)O)cc2)sc2c1CCC2. The monoisotopic (exact) mass is 386 g/mol. The number of carboxylic acid groups (broad SMARTS) is 1. The van der Waals surface area contributed by atoms with E-state index in [-0.39, 0.29) is 11.5 Å². The van der Waals surface area contributed by atoms with Crippen molar-refractivity contribution in [1.82, 2.24) is 0 Å². The van der Waals surface area contributed by atoms with E-state index in [1.54, 1.807) is 36.0 Å². The molecular formula is C19H18N2O3S2. The predicted octanol–water partition coefficient (Wildman–Crippen LogP) is 4.07. The van der Waals surface area contributed by atoms with Crippen LogP contribution in [0.3, 0.4) is 0 Å². The fourth-order valence-electron chi connectivity index (χ4n) is 2.90. The molecule has 0 aliphatic heterocycles. The van der Waals surface area contributed by atoms with E-state index in [4.69, 9.17) is 5.11 Å². The van der Waals surface area contributed by atoms with Gasteiger partial charge in [-0.05, 0) is 42.5 Å². The van der Waals surface area contributed by atoms with Gasteiger partial charge in [0.15, 0.2) is 0 Å². The molecule has 1 heterocycles. The number of amides is 1. The largest absolute Gasteiger partial charge is 0.478 e. The molecule has 1 aromatic heterocycles. The van der Waals surface area contributed by atoms with Gasteiger partial charge in [0.2, 0.25) is 5.91 Å². The Bertz CT molecular complexity index is 866. The first-order chi connectivity index (χ1) is 12.6. The van der Waals surface area contributed by atoms with Gasteiger partial charge < -0.3 is 10.4 Å². The molecule has 0 unspecified atom stereocenters. The van der Waals surface area contributed by atoms with E-state index < -0.39 is 5.97 Å². The molecule has 0 radical (unpaired) electrons. The van der Waals surface area contributed by atoms with E-state index in [1.807, 2.05) is 0 Å². The van der Waals surface area contributed by atoms with Crippen LogP contribution in [0.15, 0.2) is 24.3 Å². The van der Waals surface area contributed by atoms with Crippen molar-refractivity contribution in [2.45, 2.75) is 31.4 Å². The Morgan fingerprint density at radius 3 is 2.73 bits per heavy atom. The van der Waals surface area contributed by atoms with Crippen LogP contribution in [0.1, 0.15) is 44.8 Å². The maximum atomic E-state index is 12.1. The second-order valence-corrected chi connectivity index (χ2v) is 8.24. The van der Waals surface area contributed by atoms with Crippen LogP contribution in [0, 0.1) is 11.3 Å². The van der Waals surface area contributed by atoms with Crippen molar-refractivity contribution >= 4 is 40.0 Å². The van der Waals surface area contributed by atoms with Crippen molar-refractivity contribution in [2.75, 3.05) is 11.1 Å². The fourth-order valence-corrected chi connectivity index (χ4v) is 5.06. The highest BCUT2D eigenvalue weighted by Gasteiger charge is 2.22. The second kappa shape index (κ2) is 8.39. The third-order valence-electron chi connectivity index (χ3n) is 4.23. The van der Waals surface area contributed by atoms with Gasteiger partial charge in [-0.25, -0.2) is 4.79 Å². The smallest absolute Gasteiger partial charge is 0.335 e. The quantitative estimate of drug-likeness (QED) is 0.700. The molecule has 5 nitrogen and oxygen atoms in total. The molecule has 2 N–H and O–H groups in total. The Hall–Kier alpha value is -2.30.